The van der Waals surface area contributed by atoms with E-state index in [0.717, 1.165) is 23.1 Å². The van der Waals surface area contributed by atoms with Crippen LogP contribution in [0.2, 0.25) is 19.6 Å². The minimum atomic E-state index is -1.72. The Labute approximate surface area is 123 Å². The fourth-order valence-electron chi connectivity index (χ4n) is 2.38. The second-order valence-corrected chi connectivity index (χ2v) is 12.1. The molecule has 3 amide bonds. The molecule has 21 heavy (non-hydrogen) atoms. The van der Waals surface area contributed by atoms with E-state index in [1.807, 2.05) is 19.6 Å². The largest absolute Gasteiger partial charge is 0.325 e. The zero-order chi connectivity index (χ0) is 16.0. The van der Waals surface area contributed by atoms with Crippen molar-refractivity contribution in [2.24, 2.45) is 0 Å². The Morgan fingerprint density at radius 2 is 1.86 bits per heavy atom. The molecule has 0 aromatic heterocycles. The predicted octanol–water partition coefficient (Wildman–Crippen LogP) is 2.61. The van der Waals surface area contributed by atoms with E-state index in [1.165, 1.54) is 6.92 Å². The Morgan fingerprint density at radius 3 is 2.43 bits per heavy atom. The average Bonchev–Trinajstić information content (AvgIpc) is 2.55. The fraction of sp³-hybridized carbons (Fsp3) is 0.429. The highest BCUT2D eigenvalue weighted by Gasteiger charge is 2.51. The van der Waals surface area contributed by atoms with E-state index >= 15 is 0 Å². The van der Waals surface area contributed by atoms with Crippen molar-refractivity contribution in [3.8, 4) is 0 Å². The lowest BCUT2D eigenvalue weighted by atomic mass is 9.91. The molecular weight excluding hydrogens is 294 g/mol. The maximum absolute atomic E-state index is 14.0. The second kappa shape index (κ2) is 4.90. The van der Waals surface area contributed by atoms with E-state index in [9.17, 15) is 18.4 Å². The Balaban J connectivity index is 2.43. The van der Waals surface area contributed by atoms with Crippen LogP contribution in [0.5, 0.6) is 0 Å². The summed E-state index contributed by atoms with van der Waals surface area (Å²) in [6.45, 7) is 7.46. The number of carbonyl (C=O) groups is 2. The van der Waals surface area contributed by atoms with Crippen molar-refractivity contribution in [3.05, 3.63) is 35.4 Å². The summed E-state index contributed by atoms with van der Waals surface area (Å²) in [5.74, 6) is -1.92. The number of benzene rings is 1. The molecule has 0 saturated carbocycles. The smallest absolute Gasteiger partial charge is 0.319 e. The van der Waals surface area contributed by atoms with Gasteiger partial charge in [-0.15, -0.1) is 0 Å². The van der Waals surface area contributed by atoms with Crippen LogP contribution in [-0.4, -0.2) is 31.1 Å². The first-order valence-electron chi connectivity index (χ1n) is 6.64. The summed E-state index contributed by atoms with van der Waals surface area (Å²) in [6, 6.07) is 2.32. The van der Waals surface area contributed by atoms with Crippen LogP contribution >= 0.6 is 0 Å². The molecule has 1 N–H and O–H groups in total. The van der Waals surface area contributed by atoms with Crippen LogP contribution in [0, 0.1) is 11.6 Å². The molecule has 1 aliphatic rings. The highest BCUT2D eigenvalue weighted by Crippen LogP contribution is 2.31. The minimum absolute atomic E-state index is 0.154. The zero-order valence-electron chi connectivity index (χ0n) is 12.5. The Hall–Kier alpha value is -1.76. The van der Waals surface area contributed by atoms with Gasteiger partial charge in [-0.05, 0) is 25.1 Å². The zero-order valence-corrected chi connectivity index (χ0v) is 13.5. The molecule has 2 rings (SSSR count). The van der Waals surface area contributed by atoms with Crippen LogP contribution in [-0.2, 0) is 10.3 Å². The van der Waals surface area contributed by atoms with E-state index in [0.29, 0.717) is 6.17 Å². The van der Waals surface area contributed by atoms with Gasteiger partial charge in [-0.3, -0.25) is 9.69 Å². The van der Waals surface area contributed by atoms with Gasteiger partial charge in [0.05, 0.1) is 8.07 Å². The fourth-order valence-corrected chi connectivity index (χ4v) is 3.61. The molecule has 1 saturated heterocycles. The van der Waals surface area contributed by atoms with Gasteiger partial charge in [0.25, 0.3) is 5.91 Å². The van der Waals surface area contributed by atoms with Crippen molar-refractivity contribution >= 4 is 20.0 Å². The van der Waals surface area contributed by atoms with Crippen LogP contribution in [0.1, 0.15) is 12.5 Å². The van der Waals surface area contributed by atoms with Gasteiger partial charge in [-0.1, -0.05) is 19.6 Å². The summed E-state index contributed by atoms with van der Waals surface area (Å²) in [7, 11) is -1.72. The normalized spacial score (nSPS) is 22.7. The maximum Gasteiger partial charge on any atom is 0.325 e. The van der Waals surface area contributed by atoms with E-state index < -0.39 is 37.2 Å². The Morgan fingerprint density at radius 1 is 1.24 bits per heavy atom. The van der Waals surface area contributed by atoms with E-state index in [4.69, 9.17) is 0 Å². The number of nitrogens with one attached hydrogen (secondary N) is 1. The standard InChI is InChI=1S/C14H18F2N2O2Si/c1-14(10-7-9(15)5-6-11(10)16)12(19)18(13(20)17-14)8-21(2,3)4/h5-7H,8H2,1-4H3,(H,17,20). The van der Waals surface area contributed by atoms with Crippen molar-refractivity contribution in [1.29, 1.82) is 0 Å². The summed E-state index contributed by atoms with van der Waals surface area (Å²) in [4.78, 5) is 25.7. The SMILES string of the molecule is CC1(c2cc(F)ccc2F)NC(=O)N(C[Si](C)(C)C)C1=O. The summed E-state index contributed by atoms with van der Waals surface area (Å²) in [5, 5.41) is 2.49. The van der Waals surface area contributed by atoms with Crippen molar-refractivity contribution in [1.82, 2.24) is 10.2 Å². The molecule has 0 aliphatic carbocycles. The van der Waals surface area contributed by atoms with Crippen molar-refractivity contribution in [3.63, 3.8) is 0 Å². The molecule has 4 nitrogen and oxygen atoms in total. The van der Waals surface area contributed by atoms with Gasteiger partial charge >= 0.3 is 6.03 Å². The highest BCUT2D eigenvalue weighted by molar-refractivity contribution is 6.76. The summed E-state index contributed by atoms with van der Waals surface area (Å²) in [6.07, 6.45) is 0.337. The third-order valence-electron chi connectivity index (χ3n) is 3.37. The van der Waals surface area contributed by atoms with Gasteiger partial charge in [0, 0.05) is 11.7 Å². The van der Waals surface area contributed by atoms with Gasteiger partial charge in [-0.25, -0.2) is 13.6 Å². The van der Waals surface area contributed by atoms with Crippen LogP contribution in [0.4, 0.5) is 13.6 Å². The first-order valence-corrected chi connectivity index (χ1v) is 10.3. The van der Waals surface area contributed by atoms with Gasteiger partial charge in [0.1, 0.15) is 17.2 Å². The van der Waals surface area contributed by atoms with Crippen molar-refractivity contribution < 1.29 is 18.4 Å². The summed E-state index contributed by atoms with van der Waals surface area (Å²) >= 11 is 0. The third kappa shape index (κ3) is 2.83. The second-order valence-electron chi connectivity index (χ2n) is 6.63. The van der Waals surface area contributed by atoms with Crippen molar-refractivity contribution in [2.45, 2.75) is 32.1 Å². The lowest BCUT2D eigenvalue weighted by molar-refractivity contribution is -0.130. The van der Waals surface area contributed by atoms with Gasteiger partial charge in [0.2, 0.25) is 0 Å². The highest BCUT2D eigenvalue weighted by atomic mass is 28.3. The molecule has 114 valence electrons. The lowest BCUT2D eigenvalue weighted by Gasteiger charge is -2.25. The first kappa shape index (κ1) is 15.6. The summed E-state index contributed by atoms with van der Waals surface area (Å²) < 4.78 is 27.3. The molecule has 0 spiro atoms. The number of urea groups is 1. The van der Waals surface area contributed by atoms with Crippen LogP contribution in [0.15, 0.2) is 18.2 Å². The summed E-state index contributed by atoms with van der Waals surface area (Å²) in [5.41, 5.74) is -1.72. The number of hydrogen-bond acceptors (Lipinski definition) is 2. The molecule has 1 atom stereocenters. The van der Waals surface area contributed by atoms with Crippen LogP contribution < -0.4 is 5.32 Å². The van der Waals surface area contributed by atoms with E-state index in [2.05, 4.69) is 5.32 Å². The Kier molecular flexibility index (Phi) is 3.65. The van der Waals surface area contributed by atoms with Crippen LogP contribution in [0.25, 0.3) is 0 Å². The molecule has 0 bridgehead atoms. The number of halogens is 2. The Bertz CT molecular complexity index is 615. The number of amides is 3. The molecule has 1 aliphatic heterocycles. The predicted molar refractivity (Wildman–Crippen MR) is 77.3 cm³/mol. The maximum atomic E-state index is 14.0. The average molecular weight is 312 g/mol. The molecule has 1 aromatic carbocycles. The van der Waals surface area contributed by atoms with Crippen LogP contribution in [0.3, 0.4) is 0 Å². The number of rotatable bonds is 3. The lowest BCUT2D eigenvalue weighted by Crippen LogP contribution is -2.45. The van der Waals surface area contributed by atoms with Gasteiger partial charge in [-0.2, -0.15) is 0 Å². The van der Waals surface area contributed by atoms with Gasteiger partial charge < -0.3 is 5.32 Å². The molecule has 1 unspecified atom stereocenters. The quantitative estimate of drug-likeness (QED) is 0.689. The number of nitrogens with zero attached hydrogens (tertiary/aromatic N) is 1. The molecule has 1 aromatic rings. The molecule has 1 fully saturated rings. The number of carbonyl (C=O) groups excluding carboxylic acids is 2. The first-order chi connectivity index (χ1) is 9.54. The van der Waals surface area contributed by atoms with Gasteiger partial charge in [0.15, 0.2) is 0 Å². The monoisotopic (exact) mass is 312 g/mol. The molecule has 0 radical (unpaired) electrons. The number of imide groups is 1. The molecular formula is C14H18F2N2O2Si. The van der Waals surface area contributed by atoms with E-state index in [1.54, 1.807) is 0 Å². The van der Waals surface area contributed by atoms with E-state index in [-0.39, 0.29) is 5.56 Å². The number of hydrogen-bond donors (Lipinski definition) is 1. The minimum Gasteiger partial charge on any atom is -0.319 e. The van der Waals surface area contributed by atoms with Crippen molar-refractivity contribution in [2.75, 3.05) is 6.17 Å². The third-order valence-corrected chi connectivity index (χ3v) is 4.64. The molecule has 7 heteroatoms. The topological polar surface area (TPSA) is 49.4 Å². The molecule has 1 heterocycles.